The number of piperazine rings is 1. The maximum Gasteiger partial charge on any atom is 0.413 e. The van der Waals surface area contributed by atoms with Gasteiger partial charge in [-0.1, -0.05) is 24.3 Å². The highest BCUT2D eigenvalue weighted by molar-refractivity contribution is 5.72. The van der Waals surface area contributed by atoms with Crippen molar-refractivity contribution in [3.63, 3.8) is 0 Å². The first-order chi connectivity index (χ1) is 17.1. The van der Waals surface area contributed by atoms with E-state index in [1.54, 1.807) is 0 Å². The van der Waals surface area contributed by atoms with Gasteiger partial charge in [-0.2, -0.15) is 0 Å². The van der Waals surface area contributed by atoms with Crippen LogP contribution >= 0.6 is 0 Å². The van der Waals surface area contributed by atoms with E-state index < -0.39 is 11.6 Å². The Morgan fingerprint density at radius 1 is 1.06 bits per heavy atom. The molecule has 0 spiro atoms. The van der Waals surface area contributed by atoms with Gasteiger partial charge in [0, 0.05) is 63.1 Å². The van der Waals surface area contributed by atoms with Gasteiger partial charge in [-0.15, -0.1) is 0 Å². The summed E-state index contributed by atoms with van der Waals surface area (Å²) in [6.45, 7) is 14.6. The maximum absolute atomic E-state index is 12.9. The molecule has 1 unspecified atom stereocenters. The number of hydrogen-bond acceptors (Lipinski definition) is 6. The zero-order valence-corrected chi connectivity index (χ0v) is 22.4. The highest BCUT2D eigenvalue weighted by Crippen LogP contribution is 2.42. The number of fused-ring (bicyclic) bond motifs is 4. The third kappa shape index (κ3) is 5.10. The van der Waals surface area contributed by atoms with Gasteiger partial charge in [0.2, 0.25) is 0 Å². The van der Waals surface area contributed by atoms with Crippen LogP contribution in [0.4, 0.5) is 10.5 Å². The van der Waals surface area contributed by atoms with E-state index in [9.17, 15) is 4.79 Å². The van der Waals surface area contributed by atoms with E-state index in [2.05, 4.69) is 90.4 Å². The van der Waals surface area contributed by atoms with Gasteiger partial charge in [-0.25, -0.2) is 4.79 Å². The Bertz CT molecular complexity index is 1110. The molecule has 0 bridgehead atoms. The summed E-state index contributed by atoms with van der Waals surface area (Å²) in [6, 6.07) is 14.8. The van der Waals surface area contributed by atoms with Crippen LogP contribution in [0.1, 0.15) is 57.0 Å². The predicted molar refractivity (Wildman–Crippen MR) is 145 cm³/mol. The monoisotopic (exact) mass is 491 g/mol. The van der Waals surface area contributed by atoms with Crippen LogP contribution in [0.15, 0.2) is 42.5 Å². The summed E-state index contributed by atoms with van der Waals surface area (Å²) in [4.78, 5) is 20.3. The van der Waals surface area contributed by atoms with E-state index in [0.717, 1.165) is 52.1 Å². The molecule has 0 saturated carbocycles. The van der Waals surface area contributed by atoms with Gasteiger partial charge >= 0.3 is 6.09 Å². The number of benzene rings is 2. The maximum atomic E-state index is 12.9. The topological polar surface area (TPSA) is 60.1 Å². The van der Waals surface area contributed by atoms with E-state index in [1.807, 2.05) is 12.1 Å². The Kier molecular flexibility index (Phi) is 6.74. The van der Waals surface area contributed by atoms with Crippen molar-refractivity contribution in [1.29, 1.82) is 0 Å². The summed E-state index contributed by atoms with van der Waals surface area (Å²) in [7, 11) is 2.16. The molecule has 5 rings (SSSR count). The molecule has 36 heavy (non-hydrogen) atoms. The predicted octanol–water partition coefficient (Wildman–Crippen LogP) is 4.13. The molecule has 0 aromatic heterocycles. The van der Waals surface area contributed by atoms with Crippen LogP contribution in [0.3, 0.4) is 0 Å². The second kappa shape index (κ2) is 9.69. The van der Waals surface area contributed by atoms with Gasteiger partial charge in [0.05, 0.1) is 0 Å². The van der Waals surface area contributed by atoms with Gasteiger partial charge in [0.25, 0.3) is 0 Å². The molecular weight excluding hydrogens is 450 g/mol. The number of nitrogens with zero attached hydrogens (tertiary/aromatic N) is 3. The number of amides is 1. The molecule has 3 aliphatic heterocycles. The molecule has 1 amide bonds. The summed E-state index contributed by atoms with van der Waals surface area (Å²) < 4.78 is 5.79. The molecule has 1 saturated heterocycles. The van der Waals surface area contributed by atoms with Crippen LogP contribution in [-0.4, -0.2) is 66.7 Å². The Morgan fingerprint density at radius 2 is 1.81 bits per heavy atom. The number of ether oxygens (including phenoxy) is 1. The first-order valence-corrected chi connectivity index (χ1v) is 13.3. The van der Waals surface area contributed by atoms with Crippen molar-refractivity contribution in [2.24, 2.45) is 0 Å². The summed E-state index contributed by atoms with van der Waals surface area (Å²) in [5.41, 5.74) is 4.81. The Morgan fingerprint density at radius 3 is 2.58 bits per heavy atom. The van der Waals surface area contributed by atoms with Gasteiger partial charge in [0.1, 0.15) is 11.9 Å². The lowest BCUT2D eigenvalue weighted by Crippen LogP contribution is -2.58. The molecule has 3 aliphatic rings. The largest absolute Gasteiger partial charge is 0.413 e. The third-order valence-electron chi connectivity index (χ3n) is 8.02. The van der Waals surface area contributed by atoms with Crippen molar-refractivity contribution in [2.45, 2.75) is 64.3 Å². The molecule has 2 N–H and O–H groups in total. The summed E-state index contributed by atoms with van der Waals surface area (Å²) in [5, 5.41) is 6.54. The summed E-state index contributed by atoms with van der Waals surface area (Å²) in [5.74, 6) is 0.590. The summed E-state index contributed by atoms with van der Waals surface area (Å²) in [6.07, 6.45) is 1.75. The molecule has 1 fully saturated rings. The minimum Gasteiger partial charge on any atom is -0.410 e. The second-order valence-electron chi connectivity index (χ2n) is 11.8. The van der Waals surface area contributed by atoms with Crippen molar-refractivity contribution in [2.75, 3.05) is 44.7 Å². The van der Waals surface area contributed by atoms with Crippen molar-refractivity contribution in [3.05, 3.63) is 59.2 Å². The molecule has 2 aromatic carbocycles. The fourth-order valence-corrected chi connectivity index (χ4v) is 6.58. The minimum absolute atomic E-state index is 0.0150. The van der Waals surface area contributed by atoms with Crippen LogP contribution in [0, 0.1) is 0 Å². The van der Waals surface area contributed by atoms with E-state index >= 15 is 0 Å². The fourth-order valence-electron chi connectivity index (χ4n) is 6.58. The second-order valence-corrected chi connectivity index (χ2v) is 11.8. The number of carbonyl (C=O) groups is 1. The minimum atomic E-state index is -0.398. The number of hydrogen-bond donors (Lipinski definition) is 2. The number of carbonyl (C=O) groups excluding carboxylic acids is 1. The van der Waals surface area contributed by atoms with Crippen LogP contribution in [0.25, 0.3) is 0 Å². The van der Waals surface area contributed by atoms with Gasteiger partial charge in [0.15, 0.2) is 0 Å². The van der Waals surface area contributed by atoms with Gasteiger partial charge < -0.3 is 20.3 Å². The van der Waals surface area contributed by atoms with Crippen molar-refractivity contribution in [3.8, 4) is 5.75 Å². The zero-order valence-electron chi connectivity index (χ0n) is 22.4. The highest BCUT2D eigenvalue weighted by atomic mass is 16.6. The molecular formula is C29H41N5O2. The lowest BCUT2D eigenvalue weighted by atomic mass is 9.85. The first-order valence-electron chi connectivity index (χ1n) is 13.3. The normalized spacial score (nSPS) is 20.8. The highest BCUT2D eigenvalue weighted by Gasteiger charge is 2.37. The van der Waals surface area contributed by atoms with Crippen molar-refractivity contribution < 1.29 is 9.53 Å². The Hall–Kier alpha value is -2.61. The van der Waals surface area contributed by atoms with E-state index in [0.29, 0.717) is 5.75 Å². The molecule has 194 valence electrons. The molecule has 7 nitrogen and oxygen atoms in total. The molecule has 0 aliphatic carbocycles. The fraction of sp³-hybridized carbons (Fsp3) is 0.552. The van der Waals surface area contributed by atoms with Crippen molar-refractivity contribution in [1.82, 2.24) is 20.4 Å². The number of nitrogens with one attached hydrogen (secondary N) is 2. The molecule has 3 heterocycles. The standard InChI is InChI=1S/C29H41N5O2/c1-28(2,20-29(3,4)34-16-13-30-14-17-34)31-27(35)36-23-10-11-25-22(18-23)19-33-15-12-21-8-6-7-9-24(21)26(33)32(25)5/h6-11,18,26,30H,12-17,19-20H2,1-5H3,(H,31,35). The van der Waals surface area contributed by atoms with Gasteiger partial charge in [-0.05, 0) is 75.4 Å². The van der Waals surface area contributed by atoms with E-state index in [1.165, 1.54) is 22.4 Å². The van der Waals surface area contributed by atoms with Crippen molar-refractivity contribution >= 4 is 11.8 Å². The van der Waals surface area contributed by atoms with Crippen LogP contribution < -0.4 is 20.3 Å². The lowest BCUT2D eigenvalue weighted by molar-refractivity contribution is 0.0717. The quantitative estimate of drug-likeness (QED) is 0.656. The van der Waals surface area contributed by atoms with Crippen LogP contribution in [-0.2, 0) is 13.0 Å². The number of anilines is 1. The van der Waals surface area contributed by atoms with Crippen LogP contribution in [0.5, 0.6) is 5.75 Å². The average Bonchev–Trinajstić information content (AvgIpc) is 2.83. The smallest absolute Gasteiger partial charge is 0.410 e. The molecule has 2 aromatic rings. The number of rotatable bonds is 5. The van der Waals surface area contributed by atoms with Gasteiger partial charge in [-0.3, -0.25) is 9.80 Å². The zero-order chi connectivity index (χ0) is 25.5. The molecule has 1 atom stereocenters. The van der Waals surface area contributed by atoms with Crippen LogP contribution in [0.2, 0.25) is 0 Å². The lowest BCUT2D eigenvalue weighted by Gasteiger charge is -2.47. The Balaban J connectivity index is 1.25. The Labute approximate surface area is 215 Å². The van der Waals surface area contributed by atoms with E-state index in [4.69, 9.17) is 4.74 Å². The average molecular weight is 492 g/mol. The SMILES string of the molecule is CN1c2ccc(OC(=O)NC(C)(C)CC(C)(C)N3CCNCC3)cc2CN2CCc3ccccc3C21. The molecule has 7 heteroatoms. The molecule has 0 radical (unpaired) electrons. The third-order valence-corrected chi connectivity index (χ3v) is 8.02. The first kappa shape index (κ1) is 25.1. The summed E-state index contributed by atoms with van der Waals surface area (Å²) >= 11 is 0. The van der Waals surface area contributed by atoms with E-state index in [-0.39, 0.29) is 11.7 Å².